The van der Waals surface area contributed by atoms with Gasteiger partial charge in [0.05, 0.1) is 6.04 Å². The number of nitrogens with zero attached hydrogens (tertiary/aromatic N) is 2. The lowest BCUT2D eigenvalue weighted by Gasteiger charge is -2.43. The first-order valence-corrected chi connectivity index (χ1v) is 5.88. The van der Waals surface area contributed by atoms with Crippen molar-refractivity contribution in [3.8, 4) is 0 Å². The summed E-state index contributed by atoms with van der Waals surface area (Å²) >= 11 is 0. The second kappa shape index (κ2) is 5.70. The topological polar surface area (TPSA) is 81.8 Å². The van der Waals surface area contributed by atoms with Gasteiger partial charge in [-0.2, -0.15) is 0 Å². The van der Waals surface area contributed by atoms with Crippen LogP contribution in [0.25, 0.3) is 0 Å². The molecule has 1 rings (SSSR count). The maximum Gasteiger partial charge on any atom is 0.318 e. The first-order valence-electron chi connectivity index (χ1n) is 5.88. The van der Waals surface area contributed by atoms with Crippen molar-refractivity contribution < 1.29 is 14.4 Å². The van der Waals surface area contributed by atoms with Gasteiger partial charge < -0.3 is 20.4 Å². The Morgan fingerprint density at radius 1 is 1.33 bits per heavy atom. The highest BCUT2D eigenvalue weighted by Gasteiger charge is 2.39. The van der Waals surface area contributed by atoms with E-state index in [2.05, 4.69) is 10.6 Å². The van der Waals surface area contributed by atoms with E-state index in [0.717, 1.165) is 0 Å². The molecular formula is C11H20N4O3. The molecule has 2 unspecified atom stereocenters. The van der Waals surface area contributed by atoms with E-state index in [9.17, 15) is 14.4 Å². The van der Waals surface area contributed by atoms with Gasteiger partial charge >= 0.3 is 6.03 Å². The van der Waals surface area contributed by atoms with E-state index in [1.54, 1.807) is 25.9 Å². The number of carbonyl (C=O) groups is 3. The van der Waals surface area contributed by atoms with Crippen LogP contribution in [0, 0.1) is 0 Å². The van der Waals surface area contributed by atoms with Gasteiger partial charge in [0.2, 0.25) is 11.8 Å². The highest BCUT2D eigenvalue weighted by atomic mass is 16.2. The van der Waals surface area contributed by atoms with Crippen LogP contribution in [-0.2, 0) is 9.59 Å². The normalized spacial score (nSPS) is 23.9. The van der Waals surface area contributed by atoms with Crippen LogP contribution in [0.3, 0.4) is 0 Å². The third-order valence-corrected chi connectivity index (χ3v) is 3.18. The number of urea groups is 1. The van der Waals surface area contributed by atoms with Crippen LogP contribution >= 0.6 is 0 Å². The van der Waals surface area contributed by atoms with Crippen molar-refractivity contribution in [1.29, 1.82) is 0 Å². The summed E-state index contributed by atoms with van der Waals surface area (Å²) in [7, 11) is 4.74. The SMILES string of the molecule is CNC(=O)CC1CN(C)C(=O)C(C)N1C(=O)NC. The molecule has 1 aliphatic rings. The highest BCUT2D eigenvalue weighted by Crippen LogP contribution is 2.18. The molecule has 7 nitrogen and oxygen atoms in total. The maximum atomic E-state index is 11.9. The molecule has 0 spiro atoms. The van der Waals surface area contributed by atoms with Gasteiger partial charge in [-0.05, 0) is 6.92 Å². The van der Waals surface area contributed by atoms with Gasteiger partial charge in [0.25, 0.3) is 0 Å². The van der Waals surface area contributed by atoms with Crippen LogP contribution in [0.5, 0.6) is 0 Å². The Kier molecular flexibility index (Phi) is 4.52. The number of amides is 4. The summed E-state index contributed by atoms with van der Waals surface area (Å²) in [6.07, 6.45) is 0.186. The van der Waals surface area contributed by atoms with E-state index in [-0.39, 0.29) is 30.3 Å². The average molecular weight is 256 g/mol. The molecule has 1 heterocycles. The summed E-state index contributed by atoms with van der Waals surface area (Å²) in [5.74, 6) is -0.268. The molecular weight excluding hydrogens is 236 g/mol. The standard InChI is InChI=1S/C11H20N4O3/c1-7-10(17)14(4)6-8(5-9(16)12-2)15(7)11(18)13-3/h7-8H,5-6H2,1-4H3,(H,12,16)(H,13,18). The zero-order valence-electron chi connectivity index (χ0n) is 11.2. The molecule has 0 saturated carbocycles. The Bertz CT molecular complexity index is 358. The van der Waals surface area contributed by atoms with Gasteiger partial charge in [-0.15, -0.1) is 0 Å². The molecule has 2 atom stereocenters. The number of nitrogens with one attached hydrogen (secondary N) is 2. The lowest BCUT2D eigenvalue weighted by Crippen LogP contribution is -2.63. The number of likely N-dealkylation sites (N-methyl/N-ethyl adjacent to an activating group) is 1. The van der Waals surface area contributed by atoms with Crippen molar-refractivity contribution in [2.24, 2.45) is 0 Å². The number of piperazine rings is 1. The minimum Gasteiger partial charge on any atom is -0.359 e. The molecule has 0 bridgehead atoms. The molecule has 7 heteroatoms. The molecule has 0 radical (unpaired) electrons. The lowest BCUT2D eigenvalue weighted by molar-refractivity contribution is -0.141. The van der Waals surface area contributed by atoms with Crippen molar-refractivity contribution in [2.75, 3.05) is 27.7 Å². The predicted molar refractivity (Wildman–Crippen MR) is 65.9 cm³/mol. The molecule has 0 aliphatic carbocycles. The Balaban J connectivity index is 2.92. The number of carbonyl (C=O) groups excluding carboxylic acids is 3. The highest BCUT2D eigenvalue weighted by molar-refractivity contribution is 5.89. The summed E-state index contributed by atoms with van der Waals surface area (Å²) in [5, 5.41) is 5.04. The quantitative estimate of drug-likeness (QED) is 0.664. The van der Waals surface area contributed by atoms with Gasteiger partial charge in [-0.3, -0.25) is 9.59 Å². The van der Waals surface area contributed by atoms with Crippen molar-refractivity contribution in [1.82, 2.24) is 20.4 Å². The van der Waals surface area contributed by atoms with Crippen molar-refractivity contribution in [3.63, 3.8) is 0 Å². The Morgan fingerprint density at radius 2 is 1.94 bits per heavy atom. The second-order valence-corrected chi connectivity index (χ2v) is 4.39. The lowest BCUT2D eigenvalue weighted by atomic mass is 10.0. The van der Waals surface area contributed by atoms with Crippen LogP contribution in [0.4, 0.5) is 4.79 Å². The molecule has 4 amide bonds. The fraction of sp³-hybridized carbons (Fsp3) is 0.727. The van der Waals surface area contributed by atoms with Crippen molar-refractivity contribution >= 4 is 17.8 Å². The molecule has 1 fully saturated rings. The third-order valence-electron chi connectivity index (χ3n) is 3.18. The summed E-state index contributed by atoms with van der Waals surface area (Å²) in [6, 6.07) is -1.20. The van der Waals surface area contributed by atoms with Gasteiger partial charge in [0, 0.05) is 34.1 Å². The minimum absolute atomic E-state index is 0.119. The smallest absolute Gasteiger partial charge is 0.318 e. The average Bonchev–Trinajstić information content (AvgIpc) is 2.35. The molecule has 102 valence electrons. The van der Waals surface area contributed by atoms with E-state index in [1.165, 1.54) is 11.9 Å². The first kappa shape index (κ1) is 14.3. The summed E-state index contributed by atoms with van der Waals surface area (Å²) in [4.78, 5) is 38.1. The number of hydrogen-bond acceptors (Lipinski definition) is 3. The molecule has 0 aromatic heterocycles. The Labute approximate surface area is 106 Å². The fourth-order valence-corrected chi connectivity index (χ4v) is 2.20. The molecule has 18 heavy (non-hydrogen) atoms. The second-order valence-electron chi connectivity index (χ2n) is 4.39. The van der Waals surface area contributed by atoms with Gasteiger partial charge in [0.15, 0.2) is 0 Å². The van der Waals surface area contributed by atoms with E-state index in [1.807, 2.05) is 0 Å². The number of rotatable bonds is 2. The monoisotopic (exact) mass is 256 g/mol. The van der Waals surface area contributed by atoms with Crippen LogP contribution < -0.4 is 10.6 Å². The third kappa shape index (κ3) is 2.72. The van der Waals surface area contributed by atoms with E-state index >= 15 is 0 Å². The predicted octanol–water partition coefficient (Wildman–Crippen LogP) is -1.01. The van der Waals surface area contributed by atoms with Crippen LogP contribution in [0.2, 0.25) is 0 Å². The van der Waals surface area contributed by atoms with Gasteiger partial charge in [-0.25, -0.2) is 4.79 Å². The molecule has 2 N–H and O–H groups in total. The van der Waals surface area contributed by atoms with Crippen LogP contribution in [-0.4, -0.2) is 67.4 Å². The largest absolute Gasteiger partial charge is 0.359 e. The Morgan fingerprint density at radius 3 is 2.44 bits per heavy atom. The van der Waals surface area contributed by atoms with E-state index in [4.69, 9.17) is 0 Å². The van der Waals surface area contributed by atoms with Gasteiger partial charge in [0.1, 0.15) is 6.04 Å². The maximum absolute atomic E-state index is 11.9. The molecule has 1 saturated heterocycles. The van der Waals surface area contributed by atoms with E-state index in [0.29, 0.717) is 6.54 Å². The number of hydrogen-bond donors (Lipinski definition) is 2. The Hall–Kier alpha value is -1.79. The van der Waals surface area contributed by atoms with Crippen molar-refractivity contribution in [2.45, 2.75) is 25.4 Å². The first-order chi connectivity index (χ1) is 8.42. The summed E-state index contributed by atoms with van der Waals surface area (Å²) in [6.45, 7) is 2.04. The zero-order chi connectivity index (χ0) is 13.9. The fourth-order valence-electron chi connectivity index (χ4n) is 2.20. The molecule has 1 aliphatic heterocycles. The molecule has 0 aromatic rings. The van der Waals surface area contributed by atoms with Crippen LogP contribution in [0.1, 0.15) is 13.3 Å². The zero-order valence-corrected chi connectivity index (χ0v) is 11.2. The van der Waals surface area contributed by atoms with Crippen LogP contribution in [0.15, 0.2) is 0 Å². The van der Waals surface area contributed by atoms with Gasteiger partial charge in [-0.1, -0.05) is 0 Å². The molecule has 0 aromatic carbocycles. The summed E-state index contributed by atoms with van der Waals surface area (Å²) < 4.78 is 0. The minimum atomic E-state index is -0.557. The van der Waals surface area contributed by atoms with Crippen molar-refractivity contribution in [3.05, 3.63) is 0 Å². The van der Waals surface area contributed by atoms with E-state index < -0.39 is 6.04 Å². The summed E-state index contributed by atoms with van der Waals surface area (Å²) in [5.41, 5.74) is 0.